The van der Waals surface area contributed by atoms with Crippen LogP contribution in [0.25, 0.3) is 0 Å². The Morgan fingerprint density at radius 2 is 1.67 bits per heavy atom. The minimum Gasteiger partial charge on any atom is -0.399 e. The first kappa shape index (κ1) is 15.3. The topological polar surface area (TPSA) is 63.2 Å². The molecule has 0 aromatic heterocycles. The van der Waals surface area contributed by atoms with E-state index in [0.29, 0.717) is 6.04 Å². The minimum absolute atomic E-state index is 0.601. The summed E-state index contributed by atoms with van der Waals surface area (Å²) in [7, 11) is 0. The second kappa shape index (κ2) is 6.73. The van der Waals surface area contributed by atoms with Crippen LogP contribution < -0.4 is 21.3 Å². The summed E-state index contributed by atoms with van der Waals surface area (Å²) in [5.41, 5.74) is 10.5. The fourth-order valence-electron chi connectivity index (χ4n) is 3.47. The third-order valence-electron chi connectivity index (χ3n) is 5.19. The maximum absolute atomic E-state index is 5.73. The number of nitrogens with two attached hydrogens (primary N) is 1. The summed E-state index contributed by atoms with van der Waals surface area (Å²) in [6.45, 7) is 4.47. The van der Waals surface area contributed by atoms with Gasteiger partial charge in [0.1, 0.15) is 0 Å². The summed E-state index contributed by atoms with van der Waals surface area (Å²) in [5, 5.41) is 6.90. The van der Waals surface area contributed by atoms with E-state index in [1.165, 1.54) is 24.1 Å². The largest absolute Gasteiger partial charge is 0.399 e. The molecular weight excluding hydrogens is 296 g/mol. The summed E-state index contributed by atoms with van der Waals surface area (Å²) < 4.78 is 0. The summed E-state index contributed by atoms with van der Waals surface area (Å²) >= 11 is 0. The van der Waals surface area contributed by atoms with Crippen molar-refractivity contribution >= 4 is 17.1 Å². The molecule has 126 valence electrons. The van der Waals surface area contributed by atoms with Gasteiger partial charge in [-0.1, -0.05) is 12.1 Å². The number of anilines is 3. The Hall–Kier alpha value is -2.20. The van der Waals surface area contributed by atoms with Gasteiger partial charge >= 0.3 is 0 Å². The molecule has 1 atom stereocenters. The molecule has 2 aromatic rings. The number of piperidine rings is 1. The number of nitrogen functional groups attached to an aromatic ring is 1. The van der Waals surface area contributed by atoms with Crippen molar-refractivity contribution in [1.29, 1.82) is 0 Å². The molecule has 2 heterocycles. The lowest BCUT2D eigenvalue weighted by atomic mass is 9.96. The Morgan fingerprint density at radius 3 is 2.29 bits per heavy atom. The standard InChI is InChI=1S/C20H26N4/c21-17-3-5-18(6-4-17)22-13-15-9-11-24(12-10-15)19-7-1-16(2-8-19)20-14-23-20/h1-8,15,20,22-23H,9-14,21H2. The number of hydrogen-bond donors (Lipinski definition) is 3. The molecule has 4 rings (SSSR count). The van der Waals surface area contributed by atoms with Crippen LogP contribution in [0.1, 0.15) is 24.4 Å². The van der Waals surface area contributed by atoms with Gasteiger partial charge in [0.05, 0.1) is 0 Å². The number of rotatable bonds is 5. The van der Waals surface area contributed by atoms with Crippen LogP contribution in [0, 0.1) is 5.92 Å². The van der Waals surface area contributed by atoms with Crippen molar-refractivity contribution in [3.63, 3.8) is 0 Å². The van der Waals surface area contributed by atoms with E-state index in [1.807, 2.05) is 12.1 Å². The summed E-state index contributed by atoms with van der Waals surface area (Å²) in [4.78, 5) is 2.52. The van der Waals surface area contributed by atoms with E-state index in [-0.39, 0.29) is 0 Å². The van der Waals surface area contributed by atoms with Crippen molar-refractivity contribution in [2.75, 3.05) is 42.1 Å². The van der Waals surface area contributed by atoms with E-state index in [4.69, 9.17) is 5.73 Å². The fraction of sp³-hybridized carbons (Fsp3) is 0.400. The van der Waals surface area contributed by atoms with Crippen LogP contribution >= 0.6 is 0 Å². The average molecular weight is 322 g/mol. The molecule has 2 fully saturated rings. The molecule has 0 saturated carbocycles. The van der Waals surface area contributed by atoms with E-state index in [0.717, 1.165) is 43.5 Å². The predicted octanol–water partition coefficient (Wildman–Crippen LogP) is 3.24. The number of nitrogens with one attached hydrogen (secondary N) is 2. The maximum Gasteiger partial charge on any atom is 0.0447 e. The van der Waals surface area contributed by atoms with Gasteiger partial charge in [-0.15, -0.1) is 0 Å². The van der Waals surface area contributed by atoms with Gasteiger partial charge in [-0.25, -0.2) is 0 Å². The van der Waals surface area contributed by atoms with E-state index in [9.17, 15) is 0 Å². The van der Waals surface area contributed by atoms with Gasteiger partial charge in [0.15, 0.2) is 0 Å². The first-order chi connectivity index (χ1) is 11.8. The normalized spacial score (nSPS) is 20.8. The van der Waals surface area contributed by atoms with E-state index < -0.39 is 0 Å². The highest BCUT2D eigenvalue weighted by molar-refractivity contribution is 5.51. The highest BCUT2D eigenvalue weighted by Gasteiger charge is 2.23. The molecule has 2 aliphatic heterocycles. The molecule has 0 aliphatic carbocycles. The fourth-order valence-corrected chi connectivity index (χ4v) is 3.47. The first-order valence-corrected chi connectivity index (χ1v) is 8.95. The molecule has 4 nitrogen and oxygen atoms in total. The molecule has 0 bridgehead atoms. The number of nitrogens with zero attached hydrogens (tertiary/aromatic N) is 1. The van der Waals surface area contributed by atoms with Gasteiger partial charge in [-0.2, -0.15) is 0 Å². The quantitative estimate of drug-likeness (QED) is 0.584. The summed E-state index contributed by atoms with van der Waals surface area (Å²) in [6, 6.07) is 17.7. The first-order valence-electron chi connectivity index (χ1n) is 8.95. The third kappa shape index (κ3) is 3.65. The molecule has 4 N–H and O–H groups in total. The van der Waals surface area contributed by atoms with Crippen LogP contribution in [0.15, 0.2) is 48.5 Å². The van der Waals surface area contributed by atoms with Gasteiger partial charge in [0, 0.05) is 49.3 Å². The molecule has 4 heteroatoms. The van der Waals surface area contributed by atoms with Gasteiger partial charge in [-0.05, 0) is 60.7 Å². The van der Waals surface area contributed by atoms with E-state index in [1.54, 1.807) is 0 Å². The van der Waals surface area contributed by atoms with Crippen molar-refractivity contribution in [2.24, 2.45) is 5.92 Å². The minimum atomic E-state index is 0.601. The zero-order valence-electron chi connectivity index (χ0n) is 14.0. The van der Waals surface area contributed by atoms with E-state index >= 15 is 0 Å². The second-order valence-corrected chi connectivity index (χ2v) is 6.99. The van der Waals surface area contributed by atoms with Crippen molar-refractivity contribution < 1.29 is 0 Å². The zero-order chi connectivity index (χ0) is 16.4. The van der Waals surface area contributed by atoms with Gasteiger partial charge in [0.25, 0.3) is 0 Å². The Balaban J connectivity index is 1.26. The maximum atomic E-state index is 5.73. The monoisotopic (exact) mass is 322 g/mol. The highest BCUT2D eigenvalue weighted by Crippen LogP contribution is 2.27. The van der Waals surface area contributed by atoms with Crippen molar-refractivity contribution in [1.82, 2.24) is 5.32 Å². The molecule has 2 saturated heterocycles. The molecule has 2 aliphatic rings. The predicted molar refractivity (Wildman–Crippen MR) is 101 cm³/mol. The Labute approximate surface area is 144 Å². The van der Waals surface area contributed by atoms with Crippen LogP contribution in [-0.2, 0) is 0 Å². The van der Waals surface area contributed by atoms with Gasteiger partial charge in [-0.3, -0.25) is 0 Å². The molecule has 1 unspecified atom stereocenters. The van der Waals surface area contributed by atoms with Crippen molar-refractivity contribution in [3.8, 4) is 0 Å². The van der Waals surface area contributed by atoms with Crippen LogP contribution in [0.4, 0.5) is 17.1 Å². The third-order valence-corrected chi connectivity index (χ3v) is 5.19. The molecule has 0 amide bonds. The van der Waals surface area contributed by atoms with Crippen LogP contribution in [0.3, 0.4) is 0 Å². The molecular formula is C20H26N4. The summed E-state index contributed by atoms with van der Waals surface area (Å²) in [5.74, 6) is 0.744. The van der Waals surface area contributed by atoms with E-state index in [2.05, 4.69) is 51.9 Å². The Bertz CT molecular complexity index is 653. The zero-order valence-corrected chi connectivity index (χ0v) is 14.0. The SMILES string of the molecule is Nc1ccc(NCC2CCN(c3ccc(C4CN4)cc3)CC2)cc1. The van der Waals surface area contributed by atoms with Crippen LogP contribution in [0.2, 0.25) is 0 Å². The van der Waals surface area contributed by atoms with Crippen molar-refractivity contribution in [2.45, 2.75) is 18.9 Å². The van der Waals surface area contributed by atoms with Gasteiger partial charge < -0.3 is 21.3 Å². The summed E-state index contributed by atoms with van der Waals surface area (Å²) in [6.07, 6.45) is 2.49. The second-order valence-electron chi connectivity index (χ2n) is 6.99. The van der Waals surface area contributed by atoms with Gasteiger partial charge in [0.2, 0.25) is 0 Å². The Morgan fingerprint density at radius 1 is 1.00 bits per heavy atom. The molecule has 0 spiro atoms. The lowest BCUT2D eigenvalue weighted by Crippen LogP contribution is -2.35. The molecule has 24 heavy (non-hydrogen) atoms. The van der Waals surface area contributed by atoms with Crippen molar-refractivity contribution in [3.05, 3.63) is 54.1 Å². The molecule has 2 aromatic carbocycles. The highest BCUT2D eigenvalue weighted by atomic mass is 15.1. The lowest BCUT2D eigenvalue weighted by Gasteiger charge is -2.34. The number of hydrogen-bond acceptors (Lipinski definition) is 4. The Kier molecular flexibility index (Phi) is 4.30. The van der Waals surface area contributed by atoms with Crippen LogP contribution in [-0.4, -0.2) is 26.2 Å². The average Bonchev–Trinajstić information content (AvgIpc) is 3.47. The lowest BCUT2D eigenvalue weighted by molar-refractivity contribution is 0.423. The number of benzene rings is 2. The van der Waals surface area contributed by atoms with Crippen LogP contribution in [0.5, 0.6) is 0 Å². The smallest absolute Gasteiger partial charge is 0.0447 e. The molecule has 0 radical (unpaired) electrons.